The minimum atomic E-state index is -0.814. The van der Waals surface area contributed by atoms with Crippen molar-refractivity contribution in [1.82, 2.24) is 0 Å². The van der Waals surface area contributed by atoms with Crippen molar-refractivity contribution in [3.8, 4) is 5.75 Å². The van der Waals surface area contributed by atoms with Crippen molar-refractivity contribution in [2.24, 2.45) is 5.41 Å². The largest absolute Gasteiger partial charge is 0.507 e. The number of carbonyl (C=O) groups is 1. The van der Waals surface area contributed by atoms with Crippen molar-refractivity contribution in [2.45, 2.75) is 27.7 Å². The topological polar surface area (TPSA) is 67.5 Å². The molecule has 4 heteroatoms. The van der Waals surface area contributed by atoms with Crippen LogP contribution < -0.4 is 5.63 Å². The van der Waals surface area contributed by atoms with Gasteiger partial charge < -0.3 is 9.52 Å². The van der Waals surface area contributed by atoms with E-state index >= 15 is 0 Å². The third-order valence-corrected chi connectivity index (χ3v) is 2.04. The fourth-order valence-electron chi connectivity index (χ4n) is 1.23. The SMILES string of the molecule is Cc1cc(O)c(C(=O)/C=C/C(C)(C)C)c(=O)o1. The van der Waals surface area contributed by atoms with Crippen molar-refractivity contribution in [2.75, 3.05) is 0 Å². The van der Waals surface area contributed by atoms with Gasteiger partial charge in [0.25, 0.3) is 0 Å². The van der Waals surface area contributed by atoms with Gasteiger partial charge in [0, 0.05) is 6.07 Å². The molecule has 1 N–H and O–H groups in total. The number of carbonyl (C=O) groups excluding carboxylic acids is 1. The number of aryl methyl sites for hydroxylation is 1. The average molecular weight is 236 g/mol. The van der Waals surface area contributed by atoms with Crippen LogP contribution in [0.1, 0.15) is 36.9 Å². The first-order valence-corrected chi connectivity index (χ1v) is 5.28. The standard InChI is InChI=1S/C13H16O4/c1-8-7-10(15)11(12(16)17-8)9(14)5-6-13(2,3)4/h5-7,15H,1-4H3/b6-5+. The summed E-state index contributed by atoms with van der Waals surface area (Å²) in [5.74, 6) is -0.627. The fraction of sp³-hybridized carbons (Fsp3) is 0.385. The maximum Gasteiger partial charge on any atom is 0.351 e. The molecule has 0 amide bonds. The molecule has 1 heterocycles. The van der Waals surface area contributed by atoms with Crippen LogP contribution in [0.25, 0.3) is 0 Å². The maximum absolute atomic E-state index is 11.7. The molecule has 0 spiro atoms. The molecule has 0 bridgehead atoms. The molecular formula is C13H16O4. The van der Waals surface area contributed by atoms with Gasteiger partial charge in [0.15, 0.2) is 5.78 Å². The zero-order valence-corrected chi connectivity index (χ0v) is 10.4. The quantitative estimate of drug-likeness (QED) is 0.632. The Morgan fingerprint density at radius 2 is 2.00 bits per heavy atom. The van der Waals surface area contributed by atoms with Gasteiger partial charge in [0.05, 0.1) is 0 Å². The van der Waals surface area contributed by atoms with Crippen LogP contribution in [-0.2, 0) is 0 Å². The first kappa shape index (κ1) is 13.2. The normalized spacial score (nSPS) is 12.0. The third kappa shape index (κ3) is 3.59. The Bertz CT molecular complexity index is 515. The lowest BCUT2D eigenvalue weighted by atomic mass is 9.95. The molecule has 0 atom stereocenters. The number of rotatable bonds is 2. The van der Waals surface area contributed by atoms with Gasteiger partial charge in [-0.1, -0.05) is 26.8 Å². The van der Waals surface area contributed by atoms with Gasteiger partial charge in [-0.2, -0.15) is 0 Å². The second-order valence-electron chi connectivity index (χ2n) is 4.97. The summed E-state index contributed by atoms with van der Waals surface area (Å²) < 4.78 is 4.77. The van der Waals surface area contributed by atoms with E-state index in [2.05, 4.69) is 0 Å². The zero-order chi connectivity index (χ0) is 13.2. The monoisotopic (exact) mass is 236 g/mol. The lowest BCUT2D eigenvalue weighted by Crippen LogP contribution is -2.13. The van der Waals surface area contributed by atoms with Crippen LogP contribution >= 0.6 is 0 Å². The van der Waals surface area contributed by atoms with Crippen LogP contribution in [0, 0.1) is 12.3 Å². The number of ketones is 1. The minimum Gasteiger partial charge on any atom is -0.507 e. The predicted molar refractivity (Wildman–Crippen MR) is 64.3 cm³/mol. The summed E-state index contributed by atoms with van der Waals surface area (Å²) in [6.07, 6.45) is 2.95. The van der Waals surface area contributed by atoms with Gasteiger partial charge in [-0.3, -0.25) is 4.79 Å². The van der Waals surface area contributed by atoms with Crippen LogP contribution in [0.5, 0.6) is 5.75 Å². The second kappa shape index (κ2) is 4.57. The summed E-state index contributed by atoms with van der Waals surface area (Å²) in [5, 5.41) is 9.56. The van der Waals surface area contributed by atoms with E-state index in [1.54, 1.807) is 6.08 Å². The van der Waals surface area contributed by atoms with Crippen LogP contribution in [-0.4, -0.2) is 10.9 Å². The molecule has 0 saturated heterocycles. The van der Waals surface area contributed by atoms with Gasteiger partial charge in [0.1, 0.15) is 17.1 Å². The average Bonchev–Trinajstić information content (AvgIpc) is 2.11. The molecule has 92 valence electrons. The highest BCUT2D eigenvalue weighted by atomic mass is 16.4. The summed E-state index contributed by atoms with van der Waals surface area (Å²) in [5.41, 5.74) is -1.31. The Hall–Kier alpha value is -1.84. The molecule has 0 unspecified atom stereocenters. The number of hydrogen-bond acceptors (Lipinski definition) is 4. The second-order valence-corrected chi connectivity index (χ2v) is 4.97. The molecule has 0 aliphatic carbocycles. The van der Waals surface area contributed by atoms with Gasteiger partial charge in [0.2, 0.25) is 0 Å². The van der Waals surface area contributed by atoms with E-state index in [9.17, 15) is 14.7 Å². The Kier molecular flexibility index (Phi) is 3.56. The van der Waals surface area contributed by atoms with Gasteiger partial charge in [-0.25, -0.2) is 4.79 Å². The minimum absolute atomic E-state index is 0.170. The van der Waals surface area contributed by atoms with Crippen LogP contribution in [0.4, 0.5) is 0 Å². The Morgan fingerprint density at radius 1 is 1.41 bits per heavy atom. The highest BCUT2D eigenvalue weighted by Crippen LogP contribution is 2.18. The summed E-state index contributed by atoms with van der Waals surface area (Å²) in [6, 6.07) is 1.25. The van der Waals surface area contributed by atoms with E-state index < -0.39 is 11.4 Å². The molecule has 0 aromatic carbocycles. The molecule has 17 heavy (non-hydrogen) atoms. The summed E-state index contributed by atoms with van der Waals surface area (Å²) >= 11 is 0. The molecule has 1 rings (SSSR count). The Balaban J connectivity index is 3.15. The summed E-state index contributed by atoms with van der Waals surface area (Å²) in [6.45, 7) is 7.30. The van der Waals surface area contributed by atoms with Crippen molar-refractivity contribution in [1.29, 1.82) is 0 Å². The molecule has 1 aromatic rings. The Labute approximate surface area is 99.6 Å². The van der Waals surface area contributed by atoms with E-state index in [0.29, 0.717) is 0 Å². The maximum atomic E-state index is 11.7. The molecule has 4 nitrogen and oxygen atoms in total. The van der Waals surface area contributed by atoms with Gasteiger partial charge in [-0.05, 0) is 18.4 Å². The van der Waals surface area contributed by atoms with Crippen molar-refractivity contribution in [3.63, 3.8) is 0 Å². The van der Waals surface area contributed by atoms with Crippen LogP contribution in [0.3, 0.4) is 0 Å². The van der Waals surface area contributed by atoms with Crippen LogP contribution in [0.15, 0.2) is 27.4 Å². The van der Waals surface area contributed by atoms with Gasteiger partial charge >= 0.3 is 5.63 Å². The van der Waals surface area contributed by atoms with E-state index in [1.165, 1.54) is 19.1 Å². The Morgan fingerprint density at radius 3 is 2.47 bits per heavy atom. The van der Waals surface area contributed by atoms with E-state index in [1.807, 2.05) is 20.8 Å². The van der Waals surface area contributed by atoms with Gasteiger partial charge in [-0.15, -0.1) is 0 Å². The lowest BCUT2D eigenvalue weighted by Gasteiger charge is -2.10. The smallest absolute Gasteiger partial charge is 0.351 e. The van der Waals surface area contributed by atoms with E-state index in [4.69, 9.17) is 4.42 Å². The number of allylic oxidation sites excluding steroid dienone is 2. The fourth-order valence-corrected chi connectivity index (χ4v) is 1.23. The highest BCUT2D eigenvalue weighted by Gasteiger charge is 2.16. The molecule has 0 fully saturated rings. The first-order chi connectivity index (χ1) is 7.70. The predicted octanol–water partition coefficient (Wildman–Crippen LogP) is 2.44. The van der Waals surface area contributed by atoms with Crippen molar-refractivity contribution >= 4 is 5.78 Å². The van der Waals surface area contributed by atoms with E-state index in [-0.39, 0.29) is 22.5 Å². The summed E-state index contributed by atoms with van der Waals surface area (Å²) in [7, 11) is 0. The van der Waals surface area contributed by atoms with Crippen molar-refractivity contribution < 1.29 is 14.3 Å². The van der Waals surface area contributed by atoms with Crippen LogP contribution in [0.2, 0.25) is 0 Å². The lowest BCUT2D eigenvalue weighted by molar-refractivity contribution is 0.103. The number of hydrogen-bond donors (Lipinski definition) is 1. The molecule has 0 radical (unpaired) electrons. The zero-order valence-electron chi connectivity index (χ0n) is 10.4. The first-order valence-electron chi connectivity index (χ1n) is 5.28. The molecule has 0 aliphatic rings. The van der Waals surface area contributed by atoms with E-state index in [0.717, 1.165) is 0 Å². The third-order valence-electron chi connectivity index (χ3n) is 2.04. The summed E-state index contributed by atoms with van der Waals surface area (Å²) in [4.78, 5) is 23.2. The highest BCUT2D eigenvalue weighted by molar-refractivity contribution is 6.06. The number of aromatic hydroxyl groups is 1. The molecule has 0 aliphatic heterocycles. The molecular weight excluding hydrogens is 220 g/mol. The molecule has 1 aromatic heterocycles. The van der Waals surface area contributed by atoms with Crippen molar-refractivity contribution in [3.05, 3.63) is 40.0 Å². The molecule has 0 saturated carbocycles.